The van der Waals surface area contributed by atoms with E-state index in [-0.39, 0.29) is 93.4 Å². The van der Waals surface area contributed by atoms with Gasteiger partial charge in [0, 0.05) is 148 Å². The van der Waals surface area contributed by atoms with E-state index in [1.165, 1.54) is 0 Å². The molecular formula is C50H73CoN13O8. The standard InChI is InChI=1S/C48H73N11O8.2CN.Co/c1-23(60)22-55-38(67)16-17-45(6)29(18-35(52)64)43-48(9)47(8,21-37(54)66)28(12-15-34(51)63)40(59-48)25(3)42-46(7,20-36(53)65)26(10-13-32(49)61)30(56-42)19-31-44(4,5)27(11-14-33(50)62)39(57-31)24(2)41(45)58-43;2*1-2;/h19,23,26-29,43,56,60H,10-18,20-22H2,1-9H3,(H2,49,61)(H2,50,62)(H2,51,63)(H2,52,64)(H2,53,65)(H2,54,66)(H,55,67);;;/b30-19-,39-24-,42-25?;;;/t23-,26+,27+,28+,29-,43?,45+,46-,47-,48-;;;/m0.../s1. The van der Waals surface area contributed by atoms with E-state index in [0.717, 1.165) is 0 Å². The van der Waals surface area contributed by atoms with Gasteiger partial charge in [-0.2, -0.15) is 10.5 Å². The van der Waals surface area contributed by atoms with Gasteiger partial charge in [-0.05, 0) is 70.6 Å². The maximum atomic E-state index is 13.5. The van der Waals surface area contributed by atoms with Gasteiger partial charge >= 0.3 is 0 Å². The number of nitrogens with zero attached hydrogens (tertiary/aromatic N) is 5. The minimum Gasteiger partial charge on any atom is -0.392 e. The molecule has 0 aromatic rings. The van der Waals surface area contributed by atoms with E-state index >= 15 is 0 Å². The summed E-state index contributed by atoms with van der Waals surface area (Å²) in [7, 11) is 0. The van der Waals surface area contributed by atoms with Gasteiger partial charge < -0.3 is 50.1 Å². The Hall–Kier alpha value is -6.23. The van der Waals surface area contributed by atoms with E-state index in [0.29, 0.717) is 51.8 Å². The summed E-state index contributed by atoms with van der Waals surface area (Å²) in [6.45, 7) is 26.4. The minimum atomic E-state index is -1.39. The van der Waals surface area contributed by atoms with E-state index < -0.39 is 98.5 Å². The van der Waals surface area contributed by atoms with Gasteiger partial charge in [-0.1, -0.05) is 34.6 Å². The third kappa shape index (κ3) is 12.2. The summed E-state index contributed by atoms with van der Waals surface area (Å²) < 4.78 is 0. The molecule has 22 heteroatoms. The fourth-order valence-corrected chi connectivity index (χ4v) is 12.3. The number of amides is 7. The molecule has 1 saturated heterocycles. The summed E-state index contributed by atoms with van der Waals surface area (Å²) in [6.07, 6.45) is 1.23. The van der Waals surface area contributed by atoms with Crippen molar-refractivity contribution in [2.75, 3.05) is 6.54 Å². The van der Waals surface area contributed by atoms with Crippen LogP contribution < -0.4 is 45.0 Å². The third-order valence-corrected chi connectivity index (χ3v) is 16.1. The van der Waals surface area contributed by atoms with Crippen molar-refractivity contribution in [2.24, 2.45) is 94.7 Å². The van der Waals surface area contributed by atoms with Crippen LogP contribution in [0, 0.1) is 69.0 Å². The normalized spacial score (nSPS) is 31.8. The predicted molar refractivity (Wildman–Crippen MR) is 264 cm³/mol. The molecule has 0 saturated carbocycles. The third-order valence-electron chi connectivity index (χ3n) is 16.1. The quantitative estimate of drug-likeness (QED) is 0.0848. The molecule has 0 aliphatic carbocycles. The Kier molecular flexibility index (Phi) is 20.6. The van der Waals surface area contributed by atoms with Crippen LogP contribution in [0.25, 0.3) is 0 Å². The first-order valence-electron chi connectivity index (χ1n) is 23.7. The number of hydrogen-bond acceptors (Lipinski definition) is 14. The molecule has 7 amide bonds. The van der Waals surface area contributed by atoms with Crippen molar-refractivity contribution in [3.05, 3.63) is 47.5 Å². The average Bonchev–Trinajstić information content (AvgIpc) is 3.88. The van der Waals surface area contributed by atoms with Crippen molar-refractivity contribution >= 4 is 58.5 Å². The number of nitrogens with one attached hydrogen (secondary N) is 2. The number of carbonyl (C=O) groups is 7. The number of hydrogen-bond donors (Lipinski definition) is 9. The van der Waals surface area contributed by atoms with Crippen LogP contribution in [-0.4, -0.2) is 87.8 Å². The van der Waals surface area contributed by atoms with Crippen LogP contribution in [-0.2, 0) is 50.3 Å². The van der Waals surface area contributed by atoms with Crippen LogP contribution in [0.15, 0.2) is 49.3 Å². The number of aliphatic hydroxyl groups excluding tert-OH is 1. The summed E-state index contributed by atoms with van der Waals surface area (Å²) in [5.74, 6) is -6.25. The summed E-state index contributed by atoms with van der Waals surface area (Å²) >= 11 is 0. The van der Waals surface area contributed by atoms with Gasteiger partial charge in [0.05, 0.1) is 17.7 Å². The molecule has 21 nitrogen and oxygen atoms in total. The number of rotatable bonds is 20. The molecule has 8 bridgehead atoms. The predicted octanol–water partition coefficient (Wildman–Crippen LogP) is 1.93. The smallest absolute Gasteiger partial charge is 0.220 e. The van der Waals surface area contributed by atoms with Gasteiger partial charge in [0.25, 0.3) is 0 Å². The molecule has 1 unspecified atom stereocenters. The number of carbonyl (C=O) groups excluding carboxylic acids is 7. The van der Waals surface area contributed by atoms with Crippen molar-refractivity contribution in [2.45, 2.75) is 151 Å². The van der Waals surface area contributed by atoms with Gasteiger partial charge in [-0.3, -0.25) is 48.5 Å². The molecular weight excluding hydrogens is 970 g/mol. The summed E-state index contributed by atoms with van der Waals surface area (Å²) in [5, 5.41) is 28.9. The van der Waals surface area contributed by atoms with Gasteiger partial charge in [-0.15, -0.1) is 0 Å². The topological polar surface area (TPSA) is 405 Å². The zero-order valence-electron chi connectivity index (χ0n) is 42.9. The van der Waals surface area contributed by atoms with E-state index in [1.54, 1.807) is 6.92 Å². The van der Waals surface area contributed by atoms with Gasteiger partial charge in [0.2, 0.25) is 41.4 Å². The van der Waals surface area contributed by atoms with Crippen LogP contribution in [0.2, 0.25) is 0 Å². The molecule has 5 heterocycles. The molecule has 0 aromatic carbocycles. The summed E-state index contributed by atoms with van der Waals surface area (Å²) in [5.41, 5.74) is 34.9. The van der Waals surface area contributed by atoms with E-state index in [4.69, 9.17) is 73.0 Å². The Morgan fingerprint density at radius 1 is 0.736 bits per heavy atom. The molecule has 5 rings (SSSR count). The molecule has 1 fully saturated rings. The molecule has 72 heavy (non-hydrogen) atoms. The van der Waals surface area contributed by atoms with Crippen LogP contribution in [0.4, 0.5) is 0 Å². The van der Waals surface area contributed by atoms with Crippen molar-refractivity contribution in [1.82, 2.24) is 10.6 Å². The second-order valence-electron chi connectivity index (χ2n) is 21.2. The Bertz CT molecular complexity index is 2410. The Labute approximate surface area is 432 Å². The van der Waals surface area contributed by atoms with Crippen molar-refractivity contribution in [1.29, 1.82) is 10.5 Å². The maximum Gasteiger partial charge on any atom is 0.220 e. The minimum absolute atomic E-state index is 0. The number of aliphatic hydroxyl groups is 1. The van der Waals surface area contributed by atoms with Crippen LogP contribution in [0.1, 0.15) is 133 Å². The van der Waals surface area contributed by atoms with Crippen LogP contribution in [0.5, 0.6) is 0 Å². The Morgan fingerprint density at radius 2 is 1.25 bits per heavy atom. The number of aliphatic imine (C=N–C) groups is 3. The first-order chi connectivity index (χ1) is 32.9. The van der Waals surface area contributed by atoms with Gasteiger partial charge in [0.1, 0.15) is 0 Å². The zero-order valence-corrected chi connectivity index (χ0v) is 43.9. The van der Waals surface area contributed by atoms with Gasteiger partial charge in [0.15, 0.2) is 13.1 Å². The van der Waals surface area contributed by atoms with Gasteiger partial charge in [-0.25, -0.2) is 0 Å². The molecule has 5 aliphatic heterocycles. The van der Waals surface area contributed by atoms with Crippen molar-refractivity contribution in [3.63, 3.8) is 0 Å². The van der Waals surface area contributed by atoms with E-state index in [9.17, 15) is 38.7 Å². The number of allylic oxidation sites excluding steroid dienone is 6. The molecule has 0 aromatic heterocycles. The Morgan fingerprint density at radius 3 is 1.74 bits per heavy atom. The SMILES string of the molecule is CC1=C2N/C(=C\C3=NC(=C(/C)C4=NC([C@H](CC(N)=O)[C@@]4(C)CCC(=O)NC[C@H](C)O)[C@]4(C)N=C1[C@@H](CCC(N)=O)[C@]4(C)CC(N)=O)/[C@@H](CCC(N)=O)C3(C)C)[C@@H](CCC(N)=O)[C@]2(C)CC(N)=O.[C]#N.[C]#N.[Co]. The summed E-state index contributed by atoms with van der Waals surface area (Å²) in [4.78, 5) is 108. The molecule has 0 spiro atoms. The second-order valence-corrected chi connectivity index (χ2v) is 21.2. The zero-order chi connectivity index (χ0) is 54.4. The van der Waals surface area contributed by atoms with Crippen LogP contribution in [0.3, 0.4) is 0 Å². The van der Waals surface area contributed by atoms with Crippen molar-refractivity contribution < 1.29 is 55.4 Å². The van der Waals surface area contributed by atoms with Crippen molar-refractivity contribution in [3.8, 4) is 0 Å². The first kappa shape index (κ1) is 61.9. The molecule has 15 N–H and O–H groups in total. The Balaban J connectivity index is 0.00000346. The number of primary amides is 6. The number of nitrogens with two attached hydrogens (primary N) is 6. The molecule has 10 atom stereocenters. The maximum absolute atomic E-state index is 13.5. The van der Waals surface area contributed by atoms with Crippen LogP contribution >= 0.6 is 0 Å². The molecule has 3 radical (unpaired) electrons. The monoisotopic (exact) mass is 1040 g/mol. The number of fused-ring (bicyclic) bond motifs is 6. The molecule has 5 aliphatic rings. The molecule has 395 valence electrons. The fourth-order valence-electron chi connectivity index (χ4n) is 12.3. The van der Waals surface area contributed by atoms with E-state index in [1.807, 2.05) is 61.5 Å². The second kappa shape index (κ2) is 24.0. The summed E-state index contributed by atoms with van der Waals surface area (Å²) in [6, 6.07) is -0.913. The average molecular weight is 1040 g/mol. The van der Waals surface area contributed by atoms with E-state index in [2.05, 4.69) is 10.6 Å². The largest absolute Gasteiger partial charge is 0.392 e. The fraction of sp³-hybridized carbons (Fsp3) is 0.640. The first-order valence-corrected chi connectivity index (χ1v) is 23.7.